The number of aromatic hydroxyl groups is 1. The number of hydrogen-bond donors (Lipinski definition) is 2. The molecule has 0 aliphatic carbocycles. The van der Waals surface area contributed by atoms with Crippen molar-refractivity contribution in [2.45, 2.75) is 0 Å². The van der Waals surface area contributed by atoms with Crippen molar-refractivity contribution in [1.29, 1.82) is 0 Å². The molecule has 1 amide bonds. The standard InChI is InChI=1S/C22H16N4O4/c27-19-8-4-5-16(13-19)23-22(28)20-14-25(17-6-2-1-3-7-17)24-21(20)15-9-11-18(12-10-15)26(29)30/h1-14,27H,(H,23,28). The maximum Gasteiger partial charge on any atom is 0.269 e. The minimum absolute atomic E-state index is 0.0309. The van der Waals surface area contributed by atoms with Gasteiger partial charge in [0.05, 0.1) is 16.2 Å². The maximum atomic E-state index is 13.0. The normalized spacial score (nSPS) is 10.5. The number of para-hydroxylation sites is 1. The van der Waals surface area contributed by atoms with Crippen molar-refractivity contribution in [2.75, 3.05) is 5.32 Å². The molecular weight excluding hydrogens is 384 g/mol. The molecule has 0 saturated heterocycles. The van der Waals surface area contributed by atoms with Crippen molar-refractivity contribution in [3.05, 3.63) is 101 Å². The summed E-state index contributed by atoms with van der Waals surface area (Å²) in [6.07, 6.45) is 1.60. The second kappa shape index (κ2) is 7.88. The van der Waals surface area contributed by atoms with Crippen LogP contribution in [0.2, 0.25) is 0 Å². The van der Waals surface area contributed by atoms with E-state index in [0.29, 0.717) is 16.9 Å². The molecule has 0 spiro atoms. The number of nitrogens with one attached hydrogen (secondary N) is 1. The highest BCUT2D eigenvalue weighted by atomic mass is 16.6. The van der Waals surface area contributed by atoms with E-state index in [-0.39, 0.29) is 17.0 Å². The lowest BCUT2D eigenvalue weighted by molar-refractivity contribution is -0.384. The molecule has 8 heteroatoms. The fourth-order valence-electron chi connectivity index (χ4n) is 2.99. The summed E-state index contributed by atoms with van der Waals surface area (Å²) in [7, 11) is 0. The molecule has 0 aliphatic rings. The van der Waals surface area contributed by atoms with Crippen molar-refractivity contribution >= 4 is 17.3 Å². The zero-order chi connectivity index (χ0) is 21.1. The van der Waals surface area contributed by atoms with Crippen LogP contribution in [0.15, 0.2) is 85.1 Å². The van der Waals surface area contributed by atoms with E-state index in [1.807, 2.05) is 30.3 Å². The second-order valence-electron chi connectivity index (χ2n) is 6.48. The first-order valence-electron chi connectivity index (χ1n) is 9.01. The average molecular weight is 400 g/mol. The van der Waals surface area contributed by atoms with Gasteiger partial charge in [0, 0.05) is 35.6 Å². The first kappa shape index (κ1) is 18.9. The van der Waals surface area contributed by atoms with Crippen molar-refractivity contribution in [3.8, 4) is 22.7 Å². The number of non-ortho nitro benzene ring substituents is 1. The SMILES string of the molecule is O=C(Nc1cccc(O)c1)c1cn(-c2ccccc2)nc1-c1ccc([N+](=O)[O-])cc1. The molecule has 1 aromatic heterocycles. The van der Waals surface area contributed by atoms with Gasteiger partial charge in [-0.25, -0.2) is 4.68 Å². The summed E-state index contributed by atoms with van der Waals surface area (Å²) < 4.78 is 1.58. The van der Waals surface area contributed by atoms with E-state index < -0.39 is 10.8 Å². The quantitative estimate of drug-likeness (QED) is 0.381. The number of nitro groups is 1. The number of carbonyl (C=O) groups is 1. The topological polar surface area (TPSA) is 110 Å². The van der Waals surface area contributed by atoms with Crippen LogP contribution in [0.1, 0.15) is 10.4 Å². The highest BCUT2D eigenvalue weighted by Gasteiger charge is 2.20. The molecule has 3 aromatic carbocycles. The summed E-state index contributed by atoms with van der Waals surface area (Å²) in [6, 6.07) is 21.4. The molecule has 2 N–H and O–H groups in total. The summed E-state index contributed by atoms with van der Waals surface area (Å²) in [5.41, 5.74) is 2.38. The molecule has 1 heterocycles. The van der Waals surface area contributed by atoms with Gasteiger partial charge < -0.3 is 10.4 Å². The number of nitro benzene ring substituents is 1. The number of hydrogen-bond acceptors (Lipinski definition) is 5. The van der Waals surface area contributed by atoms with Crippen LogP contribution in [-0.2, 0) is 0 Å². The Labute approximate surface area is 171 Å². The zero-order valence-electron chi connectivity index (χ0n) is 15.6. The van der Waals surface area contributed by atoms with Crippen molar-refractivity contribution in [2.24, 2.45) is 0 Å². The smallest absolute Gasteiger partial charge is 0.269 e. The van der Waals surface area contributed by atoms with Gasteiger partial charge in [-0.2, -0.15) is 5.10 Å². The molecule has 148 valence electrons. The number of benzene rings is 3. The Bertz CT molecular complexity index is 1220. The van der Waals surface area contributed by atoms with Crippen molar-refractivity contribution in [1.82, 2.24) is 9.78 Å². The lowest BCUT2D eigenvalue weighted by atomic mass is 10.1. The lowest BCUT2D eigenvalue weighted by Crippen LogP contribution is -2.12. The fraction of sp³-hybridized carbons (Fsp3) is 0. The maximum absolute atomic E-state index is 13.0. The Morgan fingerprint density at radius 2 is 1.73 bits per heavy atom. The summed E-state index contributed by atoms with van der Waals surface area (Å²) in [5, 5.41) is 27.9. The molecule has 8 nitrogen and oxygen atoms in total. The highest BCUT2D eigenvalue weighted by molar-refractivity contribution is 6.08. The third-order valence-corrected chi connectivity index (χ3v) is 4.44. The Kier molecular flexibility index (Phi) is 4.96. The molecule has 0 fully saturated rings. The number of nitrogens with zero attached hydrogens (tertiary/aromatic N) is 3. The van der Waals surface area contributed by atoms with Crippen molar-refractivity contribution in [3.63, 3.8) is 0 Å². The minimum Gasteiger partial charge on any atom is -0.508 e. The van der Waals surface area contributed by atoms with Gasteiger partial charge in [0.15, 0.2) is 0 Å². The largest absolute Gasteiger partial charge is 0.508 e. The predicted octanol–water partition coefficient (Wildman–Crippen LogP) is 4.41. The van der Waals surface area contributed by atoms with E-state index in [4.69, 9.17) is 0 Å². The fourth-order valence-corrected chi connectivity index (χ4v) is 2.99. The van der Waals surface area contributed by atoms with E-state index in [2.05, 4.69) is 10.4 Å². The van der Waals surface area contributed by atoms with Crippen LogP contribution >= 0.6 is 0 Å². The number of aromatic nitrogens is 2. The first-order chi connectivity index (χ1) is 14.5. The minimum atomic E-state index is -0.484. The molecule has 4 aromatic rings. The molecule has 30 heavy (non-hydrogen) atoms. The lowest BCUT2D eigenvalue weighted by Gasteiger charge is -2.06. The number of carbonyl (C=O) groups excluding carboxylic acids is 1. The number of amides is 1. The number of anilines is 1. The summed E-state index contributed by atoms with van der Waals surface area (Å²) in [4.78, 5) is 23.4. The molecule has 0 atom stereocenters. The predicted molar refractivity (Wildman–Crippen MR) is 112 cm³/mol. The Hall–Kier alpha value is -4.46. The van der Waals surface area contributed by atoms with Gasteiger partial charge in [0.25, 0.3) is 11.6 Å². The summed E-state index contributed by atoms with van der Waals surface area (Å²) >= 11 is 0. The molecule has 0 aliphatic heterocycles. The first-order valence-corrected chi connectivity index (χ1v) is 9.01. The molecular formula is C22H16N4O4. The second-order valence-corrected chi connectivity index (χ2v) is 6.48. The third-order valence-electron chi connectivity index (χ3n) is 4.44. The van der Waals surface area contributed by atoms with Crippen LogP contribution in [-0.4, -0.2) is 25.7 Å². The van der Waals surface area contributed by atoms with Gasteiger partial charge in [-0.3, -0.25) is 14.9 Å². The molecule has 0 radical (unpaired) electrons. The zero-order valence-corrected chi connectivity index (χ0v) is 15.6. The van der Waals surface area contributed by atoms with Gasteiger partial charge in [-0.1, -0.05) is 24.3 Å². The van der Waals surface area contributed by atoms with Gasteiger partial charge in [-0.15, -0.1) is 0 Å². The molecule has 0 bridgehead atoms. The van der Waals surface area contributed by atoms with E-state index in [1.165, 1.54) is 24.3 Å². The van der Waals surface area contributed by atoms with E-state index in [0.717, 1.165) is 5.69 Å². The number of rotatable bonds is 5. The van der Waals surface area contributed by atoms with Crippen LogP contribution in [0.4, 0.5) is 11.4 Å². The van der Waals surface area contributed by atoms with Crippen LogP contribution in [0.3, 0.4) is 0 Å². The summed E-state index contributed by atoms with van der Waals surface area (Å²) in [6.45, 7) is 0. The van der Waals surface area contributed by atoms with E-state index in [9.17, 15) is 20.0 Å². The monoisotopic (exact) mass is 400 g/mol. The van der Waals surface area contributed by atoms with Gasteiger partial charge in [0.1, 0.15) is 11.4 Å². The number of phenolic OH excluding ortho intramolecular Hbond substituents is 1. The van der Waals surface area contributed by atoms with Crippen LogP contribution < -0.4 is 5.32 Å². The van der Waals surface area contributed by atoms with E-state index >= 15 is 0 Å². The summed E-state index contributed by atoms with van der Waals surface area (Å²) in [5.74, 6) is -0.389. The van der Waals surface area contributed by atoms with Gasteiger partial charge >= 0.3 is 0 Å². The van der Waals surface area contributed by atoms with Crippen LogP contribution in [0.25, 0.3) is 16.9 Å². The average Bonchev–Trinajstić information content (AvgIpc) is 3.20. The van der Waals surface area contributed by atoms with E-state index in [1.54, 1.807) is 35.1 Å². The van der Waals surface area contributed by atoms with Gasteiger partial charge in [0.2, 0.25) is 0 Å². The molecule has 4 rings (SSSR count). The van der Waals surface area contributed by atoms with Crippen LogP contribution in [0, 0.1) is 10.1 Å². The Morgan fingerprint density at radius 1 is 1.00 bits per heavy atom. The van der Waals surface area contributed by atoms with Gasteiger partial charge in [-0.05, 0) is 36.4 Å². The third kappa shape index (κ3) is 3.88. The Balaban J connectivity index is 1.76. The Morgan fingerprint density at radius 3 is 2.40 bits per heavy atom. The van der Waals surface area contributed by atoms with Crippen molar-refractivity contribution < 1.29 is 14.8 Å². The molecule has 0 unspecified atom stereocenters. The number of phenols is 1. The molecule has 0 saturated carbocycles. The van der Waals surface area contributed by atoms with Crippen LogP contribution in [0.5, 0.6) is 5.75 Å². The highest BCUT2D eigenvalue weighted by Crippen LogP contribution is 2.27.